The SMILES string of the molecule is Cc1ccc(CC(=O)c2ccc(F)c(F)c2)nc1. The number of Topliss-reactive ketones (excluding diaryl/α,β-unsaturated/α-hetero) is 1. The first-order valence-electron chi connectivity index (χ1n) is 5.46. The Kier molecular flexibility index (Phi) is 3.46. The minimum absolute atomic E-state index is 0.0748. The molecule has 92 valence electrons. The molecule has 2 rings (SSSR count). The van der Waals surface area contributed by atoms with Crippen LogP contribution in [0.15, 0.2) is 36.5 Å². The fourth-order valence-corrected chi connectivity index (χ4v) is 1.54. The fourth-order valence-electron chi connectivity index (χ4n) is 1.54. The molecule has 0 radical (unpaired) electrons. The van der Waals surface area contributed by atoms with Gasteiger partial charge < -0.3 is 0 Å². The molecular formula is C14H11F2NO. The Morgan fingerprint density at radius 3 is 2.56 bits per heavy atom. The molecule has 0 atom stereocenters. The van der Waals surface area contributed by atoms with Gasteiger partial charge in [-0.05, 0) is 36.8 Å². The highest BCUT2D eigenvalue weighted by atomic mass is 19.2. The lowest BCUT2D eigenvalue weighted by Crippen LogP contribution is -2.06. The van der Waals surface area contributed by atoms with E-state index in [0.29, 0.717) is 5.69 Å². The Morgan fingerprint density at radius 1 is 1.17 bits per heavy atom. The molecular weight excluding hydrogens is 236 g/mol. The molecule has 2 nitrogen and oxygen atoms in total. The van der Waals surface area contributed by atoms with E-state index in [0.717, 1.165) is 17.7 Å². The van der Waals surface area contributed by atoms with Gasteiger partial charge in [0.15, 0.2) is 17.4 Å². The van der Waals surface area contributed by atoms with Crippen molar-refractivity contribution in [1.29, 1.82) is 0 Å². The van der Waals surface area contributed by atoms with Crippen LogP contribution in [0, 0.1) is 18.6 Å². The second kappa shape index (κ2) is 5.04. The average Bonchev–Trinajstić information content (AvgIpc) is 2.35. The smallest absolute Gasteiger partial charge is 0.168 e. The number of carbonyl (C=O) groups excluding carboxylic acids is 1. The van der Waals surface area contributed by atoms with Gasteiger partial charge in [-0.2, -0.15) is 0 Å². The lowest BCUT2D eigenvalue weighted by atomic mass is 10.1. The summed E-state index contributed by atoms with van der Waals surface area (Å²) in [7, 11) is 0. The van der Waals surface area contributed by atoms with Crippen molar-refractivity contribution in [3.05, 3.63) is 65.0 Å². The topological polar surface area (TPSA) is 30.0 Å². The third-order valence-electron chi connectivity index (χ3n) is 2.56. The van der Waals surface area contributed by atoms with Gasteiger partial charge in [0.05, 0.1) is 6.42 Å². The largest absolute Gasteiger partial charge is 0.294 e. The molecule has 0 saturated heterocycles. The van der Waals surface area contributed by atoms with Crippen molar-refractivity contribution in [2.24, 2.45) is 0 Å². The molecule has 0 aliphatic rings. The number of aryl methyl sites for hydroxylation is 1. The van der Waals surface area contributed by atoms with Crippen molar-refractivity contribution in [3.63, 3.8) is 0 Å². The number of hydrogen-bond acceptors (Lipinski definition) is 2. The lowest BCUT2D eigenvalue weighted by Gasteiger charge is -2.02. The number of pyridine rings is 1. The third kappa shape index (κ3) is 2.77. The molecule has 0 amide bonds. The van der Waals surface area contributed by atoms with Crippen LogP contribution >= 0.6 is 0 Å². The van der Waals surface area contributed by atoms with Crippen LogP contribution in [0.4, 0.5) is 8.78 Å². The average molecular weight is 247 g/mol. The summed E-state index contributed by atoms with van der Waals surface area (Å²) in [6.07, 6.45) is 1.74. The molecule has 1 heterocycles. The summed E-state index contributed by atoms with van der Waals surface area (Å²) in [5, 5.41) is 0. The van der Waals surface area contributed by atoms with Crippen molar-refractivity contribution in [3.8, 4) is 0 Å². The Balaban J connectivity index is 2.16. The number of hydrogen-bond donors (Lipinski definition) is 0. The maximum absolute atomic E-state index is 13.0. The van der Waals surface area contributed by atoms with Gasteiger partial charge >= 0.3 is 0 Å². The van der Waals surface area contributed by atoms with E-state index in [1.807, 2.05) is 13.0 Å². The molecule has 0 unspecified atom stereocenters. The number of carbonyl (C=O) groups is 1. The van der Waals surface area contributed by atoms with Gasteiger partial charge in [0, 0.05) is 17.5 Å². The van der Waals surface area contributed by atoms with Crippen molar-refractivity contribution >= 4 is 5.78 Å². The van der Waals surface area contributed by atoms with Gasteiger partial charge in [0.2, 0.25) is 0 Å². The zero-order chi connectivity index (χ0) is 13.1. The van der Waals surface area contributed by atoms with E-state index in [1.54, 1.807) is 12.3 Å². The van der Waals surface area contributed by atoms with Crippen LogP contribution in [0.5, 0.6) is 0 Å². The first-order chi connectivity index (χ1) is 8.56. The molecule has 0 saturated carbocycles. The summed E-state index contributed by atoms with van der Waals surface area (Å²) in [6.45, 7) is 1.90. The van der Waals surface area contributed by atoms with E-state index in [-0.39, 0.29) is 17.8 Å². The van der Waals surface area contributed by atoms with Gasteiger partial charge in [-0.25, -0.2) is 8.78 Å². The van der Waals surface area contributed by atoms with Crippen molar-refractivity contribution in [1.82, 2.24) is 4.98 Å². The van der Waals surface area contributed by atoms with Crippen molar-refractivity contribution < 1.29 is 13.6 Å². The third-order valence-corrected chi connectivity index (χ3v) is 2.56. The second-order valence-electron chi connectivity index (χ2n) is 4.06. The molecule has 0 N–H and O–H groups in total. The fraction of sp³-hybridized carbons (Fsp3) is 0.143. The van der Waals surface area contributed by atoms with Crippen LogP contribution in [0.2, 0.25) is 0 Å². The molecule has 1 aromatic heterocycles. The highest BCUT2D eigenvalue weighted by Gasteiger charge is 2.11. The highest BCUT2D eigenvalue weighted by molar-refractivity contribution is 5.97. The van der Waals surface area contributed by atoms with Gasteiger partial charge in [-0.1, -0.05) is 6.07 Å². The van der Waals surface area contributed by atoms with Crippen molar-refractivity contribution in [2.45, 2.75) is 13.3 Å². The van der Waals surface area contributed by atoms with E-state index in [1.165, 1.54) is 6.07 Å². The predicted molar refractivity (Wildman–Crippen MR) is 63.4 cm³/mol. The van der Waals surface area contributed by atoms with Crippen LogP contribution in [0.3, 0.4) is 0 Å². The lowest BCUT2D eigenvalue weighted by molar-refractivity contribution is 0.0991. The molecule has 0 fully saturated rings. The van der Waals surface area contributed by atoms with E-state index in [9.17, 15) is 13.6 Å². The normalized spacial score (nSPS) is 10.4. The number of benzene rings is 1. The van der Waals surface area contributed by atoms with Crippen LogP contribution in [0.25, 0.3) is 0 Å². The van der Waals surface area contributed by atoms with Crippen LogP contribution in [-0.2, 0) is 6.42 Å². The van der Waals surface area contributed by atoms with Crippen LogP contribution < -0.4 is 0 Å². The highest BCUT2D eigenvalue weighted by Crippen LogP contribution is 2.11. The van der Waals surface area contributed by atoms with Gasteiger partial charge in [-0.15, -0.1) is 0 Å². The second-order valence-corrected chi connectivity index (χ2v) is 4.06. The monoisotopic (exact) mass is 247 g/mol. The summed E-state index contributed by atoms with van der Waals surface area (Å²) < 4.78 is 25.7. The zero-order valence-electron chi connectivity index (χ0n) is 9.78. The maximum atomic E-state index is 13.0. The molecule has 0 spiro atoms. The van der Waals surface area contributed by atoms with Crippen molar-refractivity contribution in [2.75, 3.05) is 0 Å². The molecule has 0 aliphatic heterocycles. The summed E-state index contributed by atoms with van der Waals surface area (Å²) in [5.41, 5.74) is 1.76. The number of rotatable bonds is 3. The minimum Gasteiger partial charge on any atom is -0.294 e. The number of nitrogens with zero attached hydrogens (tertiary/aromatic N) is 1. The number of ketones is 1. The van der Waals surface area contributed by atoms with Gasteiger partial charge in [-0.3, -0.25) is 9.78 Å². The Bertz CT molecular complexity index is 579. The van der Waals surface area contributed by atoms with E-state index in [2.05, 4.69) is 4.98 Å². The molecule has 1 aromatic carbocycles. The molecule has 2 aromatic rings. The first-order valence-corrected chi connectivity index (χ1v) is 5.46. The molecule has 4 heteroatoms. The summed E-state index contributed by atoms with van der Waals surface area (Å²) in [6, 6.07) is 6.72. The summed E-state index contributed by atoms with van der Waals surface area (Å²) >= 11 is 0. The number of halogens is 2. The van der Waals surface area contributed by atoms with Gasteiger partial charge in [0.1, 0.15) is 0 Å². The standard InChI is InChI=1S/C14H11F2NO/c1-9-2-4-11(17-8-9)7-14(18)10-3-5-12(15)13(16)6-10/h2-6,8H,7H2,1H3. The Hall–Kier alpha value is -2.10. The predicted octanol–water partition coefficient (Wildman–Crippen LogP) is 3.09. The van der Waals surface area contributed by atoms with Crippen LogP contribution in [-0.4, -0.2) is 10.8 Å². The molecule has 18 heavy (non-hydrogen) atoms. The maximum Gasteiger partial charge on any atom is 0.168 e. The van der Waals surface area contributed by atoms with E-state index >= 15 is 0 Å². The zero-order valence-corrected chi connectivity index (χ0v) is 9.78. The van der Waals surface area contributed by atoms with Gasteiger partial charge in [0.25, 0.3) is 0 Å². The van der Waals surface area contributed by atoms with Crippen LogP contribution in [0.1, 0.15) is 21.6 Å². The van der Waals surface area contributed by atoms with E-state index < -0.39 is 11.6 Å². The first kappa shape index (κ1) is 12.4. The summed E-state index contributed by atoms with van der Waals surface area (Å²) in [5.74, 6) is -2.26. The van der Waals surface area contributed by atoms with E-state index in [4.69, 9.17) is 0 Å². The molecule has 0 aliphatic carbocycles. The molecule has 0 bridgehead atoms. The quantitative estimate of drug-likeness (QED) is 0.780. The summed E-state index contributed by atoms with van der Waals surface area (Å²) in [4.78, 5) is 15.9. The minimum atomic E-state index is -1.02. The Morgan fingerprint density at radius 2 is 1.94 bits per heavy atom. The number of aromatic nitrogens is 1. The Labute approximate surface area is 103 Å².